The molecular formula is C11H9FN2O5. The molecule has 19 heavy (non-hydrogen) atoms. The zero-order valence-electron chi connectivity index (χ0n) is 9.81. The largest absolute Gasteiger partial charge is 0.515 e. The van der Waals surface area contributed by atoms with Crippen molar-refractivity contribution in [3.63, 3.8) is 0 Å². The summed E-state index contributed by atoms with van der Waals surface area (Å²) in [6.07, 6.45) is -0.947. The number of nitrogens with one attached hydrogen (secondary N) is 1. The summed E-state index contributed by atoms with van der Waals surface area (Å²) < 4.78 is 22.5. The second-order valence-electron chi connectivity index (χ2n) is 3.56. The lowest BCUT2D eigenvalue weighted by atomic mass is 10.2. The molecule has 0 amide bonds. The van der Waals surface area contributed by atoms with Crippen molar-refractivity contribution >= 4 is 22.7 Å². The van der Waals surface area contributed by atoms with Crippen LogP contribution in [0.5, 0.6) is 5.88 Å². The number of aromatic nitrogens is 1. The minimum Gasteiger partial charge on any atom is -0.434 e. The van der Waals surface area contributed by atoms with Crippen LogP contribution in [0.2, 0.25) is 0 Å². The molecule has 0 bridgehead atoms. The monoisotopic (exact) mass is 268 g/mol. The van der Waals surface area contributed by atoms with Crippen LogP contribution in [0.25, 0.3) is 10.9 Å². The highest BCUT2D eigenvalue weighted by Gasteiger charge is 2.18. The van der Waals surface area contributed by atoms with E-state index in [1.807, 2.05) is 0 Å². The molecule has 100 valence electrons. The van der Waals surface area contributed by atoms with Gasteiger partial charge in [-0.05, 0) is 13.0 Å². The number of hydrogen-bond acceptors (Lipinski definition) is 5. The molecule has 0 saturated carbocycles. The third-order valence-corrected chi connectivity index (χ3v) is 2.30. The molecule has 0 aliphatic rings. The van der Waals surface area contributed by atoms with Gasteiger partial charge < -0.3 is 14.5 Å². The van der Waals surface area contributed by atoms with Gasteiger partial charge >= 0.3 is 6.16 Å². The predicted molar refractivity (Wildman–Crippen MR) is 62.6 cm³/mol. The Hall–Kier alpha value is -2.64. The molecule has 0 radical (unpaired) electrons. The summed E-state index contributed by atoms with van der Waals surface area (Å²) >= 11 is 0. The van der Waals surface area contributed by atoms with Gasteiger partial charge in [-0.15, -0.1) is 0 Å². The third kappa shape index (κ3) is 2.62. The highest BCUT2D eigenvalue weighted by atomic mass is 19.1. The molecule has 7 nitrogen and oxygen atoms in total. The number of aromatic amines is 1. The summed E-state index contributed by atoms with van der Waals surface area (Å²) in [5, 5.41) is 11.0. The fourth-order valence-electron chi connectivity index (χ4n) is 1.60. The summed E-state index contributed by atoms with van der Waals surface area (Å²) in [7, 11) is 0. The normalized spacial score (nSPS) is 10.4. The standard InChI is InChI=1S/C11H9FN2O5/c1-2-18-11(15)19-9-4-6-3-7(12)5-8(14(16)17)10(6)13-9/h3-5,13H,2H2,1H3. The summed E-state index contributed by atoms with van der Waals surface area (Å²) in [5.74, 6) is -0.803. The van der Waals surface area contributed by atoms with Gasteiger partial charge in [-0.25, -0.2) is 9.18 Å². The fourth-order valence-corrected chi connectivity index (χ4v) is 1.60. The molecule has 8 heteroatoms. The third-order valence-electron chi connectivity index (χ3n) is 2.30. The minimum atomic E-state index is -0.947. The molecule has 0 saturated heterocycles. The van der Waals surface area contributed by atoms with Gasteiger partial charge in [0.2, 0.25) is 5.88 Å². The van der Waals surface area contributed by atoms with E-state index in [-0.39, 0.29) is 23.4 Å². The van der Waals surface area contributed by atoms with Crippen LogP contribution < -0.4 is 4.74 Å². The average molecular weight is 268 g/mol. The first kappa shape index (κ1) is 12.8. The number of non-ortho nitro benzene ring substituents is 1. The molecule has 2 aromatic rings. The number of halogens is 1. The number of carbonyl (C=O) groups is 1. The van der Waals surface area contributed by atoms with Crippen LogP contribution in [-0.4, -0.2) is 22.7 Å². The number of fused-ring (bicyclic) bond motifs is 1. The van der Waals surface area contributed by atoms with Crippen LogP contribution in [0.15, 0.2) is 18.2 Å². The summed E-state index contributed by atoms with van der Waals surface area (Å²) in [5.41, 5.74) is -0.362. The van der Waals surface area contributed by atoms with Gasteiger partial charge in [-0.1, -0.05) is 0 Å². The zero-order chi connectivity index (χ0) is 14.0. The highest BCUT2D eigenvalue weighted by molar-refractivity contribution is 5.89. The van der Waals surface area contributed by atoms with E-state index in [9.17, 15) is 19.3 Å². The number of ether oxygens (including phenoxy) is 2. The van der Waals surface area contributed by atoms with E-state index >= 15 is 0 Å². The number of nitrogens with zero attached hydrogens (tertiary/aromatic N) is 1. The van der Waals surface area contributed by atoms with E-state index in [0.29, 0.717) is 0 Å². The molecule has 1 heterocycles. The van der Waals surface area contributed by atoms with Gasteiger partial charge in [-0.3, -0.25) is 10.1 Å². The van der Waals surface area contributed by atoms with E-state index in [0.717, 1.165) is 12.1 Å². The van der Waals surface area contributed by atoms with Gasteiger partial charge in [-0.2, -0.15) is 0 Å². The molecule has 2 rings (SSSR count). The van der Waals surface area contributed by atoms with Crippen LogP contribution in [0.4, 0.5) is 14.9 Å². The van der Waals surface area contributed by atoms with E-state index in [1.165, 1.54) is 6.07 Å². The molecule has 1 N–H and O–H groups in total. The Morgan fingerprint density at radius 1 is 1.47 bits per heavy atom. The topological polar surface area (TPSA) is 94.5 Å². The van der Waals surface area contributed by atoms with E-state index < -0.39 is 22.6 Å². The zero-order valence-corrected chi connectivity index (χ0v) is 9.81. The Balaban J connectivity index is 2.42. The van der Waals surface area contributed by atoms with Gasteiger partial charge in [0.1, 0.15) is 11.3 Å². The quantitative estimate of drug-likeness (QED) is 0.524. The van der Waals surface area contributed by atoms with E-state index in [1.54, 1.807) is 6.92 Å². The van der Waals surface area contributed by atoms with Crippen LogP contribution in [-0.2, 0) is 4.74 Å². The number of H-pyrrole nitrogens is 1. The molecule has 0 spiro atoms. The minimum absolute atomic E-state index is 0.0536. The van der Waals surface area contributed by atoms with Gasteiger partial charge in [0.05, 0.1) is 17.6 Å². The Bertz CT molecular complexity index is 652. The Morgan fingerprint density at radius 3 is 2.84 bits per heavy atom. The van der Waals surface area contributed by atoms with Gasteiger partial charge in [0.15, 0.2) is 0 Å². The molecule has 1 aromatic heterocycles. The van der Waals surface area contributed by atoms with Crippen LogP contribution in [0, 0.1) is 15.9 Å². The first-order valence-electron chi connectivity index (χ1n) is 5.32. The molecule has 0 aliphatic carbocycles. The lowest BCUT2D eigenvalue weighted by Crippen LogP contribution is -2.10. The van der Waals surface area contributed by atoms with Crippen molar-refractivity contribution in [2.75, 3.05) is 6.61 Å². The predicted octanol–water partition coefficient (Wildman–Crippen LogP) is 2.75. The van der Waals surface area contributed by atoms with Crippen molar-refractivity contribution in [3.8, 4) is 5.88 Å². The van der Waals surface area contributed by atoms with Crippen LogP contribution in [0.1, 0.15) is 6.92 Å². The lowest BCUT2D eigenvalue weighted by Gasteiger charge is -2.00. The number of nitro groups is 1. The number of rotatable bonds is 3. The number of carbonyl (C=O) groups excluding carboxylic acids is 1. The lowest BCUT2D eigenvalue weighted by molar-refractivity contribution is -0.383. The maximum absolute atomic E-state index is 13.2. The van der Waals surface area contributed by atoms with Crippen molar-refractivity contribution in [3.05, 3.63) is 34.1 Å². The first-order chi connectivity index (χ1) is 9.01. The molecule has 0 aliphatic heterocycles. The molecular weight excluding hydrogens is 259 g/mol. The maximum atomic E-state index is 13.2. The molecule has 1 aromatic carbocycles. The second kappa shape index (κ2) is 4.92. The summed E-state index contributed by atoms with van der Waals surface area (Å²) in [6, 6.07) is 3.16. The van der Waals surface area contributed by atoms with Crippen LogP contribution >= 0.6 is 0 Å². The molecule has 0 atom stereocenters. The maximum Gasteiger partial charge on any atom is 0.515 e. The van der Waals surface area contributed by atoms with E-state index in [2.05, 4.69) is 9.72 Å². The Kier molecular flexibility index (Phi) is 3.32. The van der Waals surface area contributed by atoms with Crippen molar-refractivity contribution < 1.29 is 23.6 Å². The highest BCUT2D eigenvalue weighted by Crippen LogP contribution is 2.29. The molecule has 0 unspecified atom stereocenters. The summed E-state index contributed by atoms with van der Waals surface area (Å²) in [4.78, 5) is 23.7. The molecule has 0 fully saturated rings. The summed E-state index contributed by atoms with van der Waals surface area (Å²) in [6.45, 7) is 1.74. The van der Waals surface area contributed by atoms with Gasteiger partial charge in [0.25, 0.3) is 5.69 Å². The van der Waals surface area contributed by atoms with Crippen molar-refractivity contribution in [1.82, 2.24) is 4.98 Å². The number of nitro benzene ring substituents is 1. The average Bonchev–Trinajstić information content (AvgIpc) is 2.69. The van der Waals surface area contributed by atoms with Crippen molar-refractivity contribution in [1.29, 1.82) is 0 Å². The number of hydrogen-bond donors (Lipinski definition) is 1. The first-order valence-corrected chi connectivity index (χ1v) is 5.32. The Morgan fingerprint density at radius 2 is 2.21 bits per heavy atom. The van der Waals surface area contributed by atoms with Crippen molar-refractivity contribution in [2.45, 2.75) is 6.92 Å². The Labute approximate surface area is 106 Å². The second-order valence-corrected chi connectivity index (χ2v) is 3.56. The smallest absolute Gasteiger partial charge is 0.434 e. The van der Waals surface area contributed by atoms with Gasteiger partial charge in [0, 0.05) is 11.5 Å². The fraction of sp³-hybridized carbons (Fsp3) is 0.182. The van der Waals surface area contributed by atoms with Crippen LogP contribution in [0.3, 0.4) is 0 Å². The van der Waals surface area contributed by atoms with E-state index in [4.69, 9.17) is 4.74 Å². The SMILES string of the molecule is CCOC(=O)Oc1cc2cc(F)cc([N+](=O)[O-])c2[nH]1. The number of benzene rings is 1. The van der Waals surface area contributed by atoms with Crippen molar-refractivity contribution in [2.24, 2.45) is 0 Å².